The predicted molar refractivity (Wildman–Crippen MR) is 78.0 cm³/mol. The highest BCUT2D eigenvalue weighted by Gasteiger charge is 2.36. The third-order valence-electron chi connectivity index (χ3n) is 4.93. The highest BCUT2D eigenvalue weighted by molar-refractivity contribution is 4.92. The molecule has 18 heavy (non-hydrogen) atoms. The van der Waals surface area contributed by atoms with Crippen molar-refractivity contribution in [3.63, 3.8) is 0 Å². The fraction of sp³-hybridized carbons (Fsp3) is 1.00. The molecule has 2 aliphatic heterocycles. The molecule has 0 aliphatic carbocycles. The summed E-state index contributed by atoms with van der Waals surface area (Å²) in [7, 11) is 2.33. The maximum absolute atomic E-state index is 3.61. The SMILES string of the molecule is CCC(CNC(C)C)N1CCC2CCC(C1)N2C. The molecule has 2 rings (SSSR count). The summed E-state index contributed by atoms with van der Waals surface area (Å²) in [5.74, 6) is 0. The van der Waals surface area contributed by atoms with Gasteiger partial charge in [0, 0.05) is 43.8 Å². The van der Waals surface area contributed by atoms with Crippen LogP contribution in [0.5, 0.6) is 0 Å². The first-order valence-corrected chi connectivity index (χ1v) is 7.81. The molecule has 1 N–H and O–H groups in total. The number of hydrogen-bond acceptors (Lipinski definition) is 3. The standard InChI is InChI=1S/C15H31N3/c1-5-13(10-16-12(2)3)18-9-8-14-6-7-15(11-18)17(14)4/h12-16H,5-11H2,1-4H3. The van der Waals surface area contributed by atoms with E-state index in [-0.39, 0.29) is 0 Å². The van der Waals surface area contributed by atoms with Gasteiger partial charge in [0.05, 0.1) is 0 Å². The summed E-state index contributed by atoms with van der Waals surface area (Å²) >= 11 is 0. The Bertz CT molecular complexity index is 254. The first kappa shape index (κ1) is 14.3. The van der Waals surface area contributed by atoms with Crippen molar-refractivity contribution in [1.29, 1.82) is 0 Å². The normalized spacial score (nSPS) is 31.8. The molecule has 2 bridgehead atoms. The Kier molecular flexibility index (Phi) is 5.05. The first-order valence-electron chi connectivity index (χ1n) is 7.81. The Morgan fingerprint density at radius 1 is 1.17 bits per heavy atom. The molecule has 0 amide bonds. The summed E-state index contributed by atoms with van der Waals surface area (Å²) in [5.41, 5.74) is 0. The second-order valence-electron chi connectivity index (χ2n) is 6.46. The van der Waals surface area contributed by atoms with Crippen LogP contribution in [0.15, 0.2) is 0 Å². The molecule has 0 aromatic carbocycles. The fourth-order valence-electron chi connectivity index (χ4n) is 3.57. The van der Waals surface area contributed by atoms with Crippen LogP contribution in [0.4, 0.5) is 0 Å². The maximum Gasteiger partial charge on any atom is 0.0223 e. The molecule has 2 heterocycles. The van der Waals surface area contributed by atoms with Gasteiger partial charge in [0.25, 0.3) is 0 Å². The zero-order valence-electron chi connectivity index (χ0n) is 12.7. The topological polar surface area (TPSA) is 18.5 Å². The van der Waals surface area contributed by atoms with Crippen molar-refractivity contribution in [2.24, 2.45) is 0 Å². The van der Waals surface area contributed by atoms with E-state index in [1.54, 1.807) is 0 Å². The number of nitrogens with zero attached hydrogens (tertiary/aromatic N) is 2. The highest BCUT2D eigenvalue weighted by atomic mass is 15.3. The predicted octanol–water partition coefficient (Wildman–Crippen LogP) is 1.93. The molecule has 2 saturated heterocycles. The van der Waals surface area contributed by atoms with Gasteiger partial charge < -0.3 is 5.32 Å². The van der Waals surface area contributed by atoms with Crippen molar-refractivity contribution < 1.29 is 0 Å². The lowest BCUT2D eigenvalue weighted by atomic mass is 10.1. The van der Waals surface area contributed by atoms with Crippen molar-refractivity contribution in [2.75, 3.05) is 26.7 Å². The average Bonchev–Trinajstić information content (AvgIpc) is 2.56. The van der Waals surface area contributed by atoms with E-state index < -0.39 is 0 Å². The van der Waals surface area contributed by atoms with Crippen LogP contribution in [0.3, 0.4) is 0 Å². The van der Waals surface area contributed by atoms with Crippen molar-refractivity contribution in [3.8, 4) is 0 Å². The molecular formula is C15H31N3. The second-order valence-corrected chi connectivity index (χ2v) is 6.46. The molecule has 106 valence electrons. The third kappa shape index (κ3) is 3.25. The van der Waals surface area contributed by atoms with Crippen molar-refractivity contribution in [2.45, 2.75) is 70.6 Å². The van der Waals surface area contributed by atoms with Gasteiger partial charge in [-0.05, 0) is 32.7 Å². The van der Waals surface area contributed by atoms with Crippen LogP contribution in [0, 0.1) is 0 Å². The van der Waals surface area contributed by atoms with Gasteiger partial charge in [-0.25, -0.2) is 0 Å². The zero-order valence-corrected chi connectivity index (χ0v) is 12.7. The van der Waals surface area contributed by atoms with Gasteiger partial charge in [-0.15, -0.1) is 0 Å². The molecule has 3 unspecified atom stereocenters. The number of hydrogen-bond donors (Lipinski definition) is 1. The van der Waals surface area contributed by atoms with Crippen LogP contribution in [0.1, 0.15) is 46.5 Å². The number of nitrogens with one attached hydrogen (secondary N) is 1. The Balaban J connectivity index is 1.91. The second kappa shape index (κ2) is 6.36. The van der Waals surface area contributed by atoms with Gasteiger partial charge in [-0.1, -0.05) is 20.8 Å². The van der Waals surface area contributed by atoms with E-state index in [4.69, 9.17) is 0 Å². The van der Waals surface area contributed by atoms with Gasteiger partial charge in [-0.3, -0.25) is 9.80 Å². The Labute approximate surface area is 113 Å². The average molecular weight is 253 g/mol. The summed E-state index contributed by atoms with van der Waals surface area (Å²) in [6.07, 6.45) is 5.47. The monoisotopic (exact) mass is 253 g/mol. The van der Waals surface area contributed by atoms with Crippen LogP contribution in [-0.2, 0) is 0 Å². The van der Waals surface area contributed by atoms with Crippen LogP contribution >= 0.6 is 0 Å². The van der Waals surface area contributed by atoms with Crippen LogP contribution in [-0.4, -0.2) is 60.6 Å². The lowest BCUT2D eigenvalue weighted by Gasteiger charge is -2.33. The maximum atomic E-state index is 3.61. The van der Waals surface area contributed by atoms with E-state index in [0.717, 1.165) is 24.7 Å². The van der Waals surface area contributed by atoms with Gasteiger partial charge >= 0.3 is 0 Å². The lowest BCUT2D eigenvalue weighted by molar-refractivity contribution is 0.162. The van der Waals surface area contributed by atoms with Crippen LogP contribution < -0.4 is 5.32 Å². The summed E-state index contributed by atoms with van der Waals surface area (Å²) in [4.78, 5) is 5.39. The Morgan fingerprint density at radius 3 is 2.56 bits per heavy atom. The van der Waals surface area contributed by atoms with Crippen molar-refractivity contribution >= 4 is 0 Å². The van der Waals surface area contributed by atoms with Crippen molar-refractivity contribution in [3.05, 3.63) is 0 Å². The molecule has 3 nitrogen and oxygen atoms in total. The summed E-state index contributed by atoms with van der Waals surface area (Å²) in [6, 6.07) is 2.99. The quantitative estimate of drug-likeness (QED) is 0.808. The largest absolute Gasteiger partial charge is 0.313 e. The lowest BCUT2D eigenvalue weighted by Crippen LogP contribution is -2.47. The number of likely N-dealkylation sites (N-methyl/N-ethyl adjacent to an activating group) is 1. The molecule has 3 atom stereocenters. The summed E-state index contributed by atoms with van der Waals surface area (Å²) in [6.45, 7) is 10.5. The van der Waals surface area contributed by atoms with Gasteiger partial charge in [0.15, 0.2) is 0 Å². The summed E-state index contributed by atoms with van der Waals surface area (Å²) in [5, 5.41) is 3.61. The highest BCUT2D eigenvalue weighted by Crippen LogP contribution is 2.29. The number of likely N-dealkylation sites (tertiary alicyclic amines) is 1. The molecule has 2 fully saturated rings. The zero-order chi connectivity index (χ0) is 13.1. The van der Waals surface area contributed by atoms with E-state index in [9.17, 15) is 0 Å². The van der Waals surface area contributed by atoms with E-state index >= 15 is 0 Å². The van der Waals surface area contributed by atoms with E-state index in [0.29, 0.717) is 6.04 Å². The number of rotatable bonds is 5. The molecular weight excluding hydrogens is 222 g/mol. The molecule has 2 aliphatic rings. The molecule has 0 aromatic heterocycles. The van der Waals surface area contributed by atoms with Crippen LogP contribution in [0.2, 0.25) is 0 Å². The van der Waals surface area contributed by atoms with Gasteiger partial charge in [0.1, 0.15) is 0 Å². The van der Waals surface area contributed by atoms with Crippen molar-refractivity contribution in [1.82, 2.24) is 15.1 Å². The minimum atomic E-state index is 0.602. The van der Waals surface area contributed by atoms with Gasteiger partial charge in [0.2, 0.25) is 0 Å². The molecule has 0 spiro atoms. The molecule has 3 heteroatoms. The molecule has 0 saturated carbocycles. The molecule has 0 radical (unpaired) electrons. The van der Waals surface area contributed by atoms with E-state index in [1.165, 1.54) is 38.8 Å². The van der Waals surface area contributed by atoms with E-state index in [2.05, 4.69) is 42.9 Å². The van der Waals surface area contributed by atoms with E-state index in [1.807, 2.05) is 0 Å². The first-order chi connectivity index (χ1) is 8.61. The number of fused-ring (bicyclic) bond motifs is 2. The summed E-state index contributed by atoms with van der Waals surface area (Å²) < 4.78 is 0. The molecule has 0 aromatic rings. The minimum Gasteiger partial charge on any atom is -0.313 e. The smallest absolute Gasteiger partial charge is 0.0223 e. The third-order valence-corrected chi connectivity index (χ3v) is 4.93. The van der Waals surface area contributed by atoms with Crippen LogP contribution in [0.25, 0.3) is 0 Å². The Morgan fingerprint density at radius 2 is 1.89 bits per heavy atom. The van der Waals surface area contributed by atoms with Gasteiger partial charge in [-0.2, -0.15) is 0 Å². The Hall–Kier alpha value is -0.120. The minimum absolute atomic E-state index is 0.602. The fourth-order valence-corrected chi connectivity index (χ4v) is 3.57.